The Labute approximate surface area is 117 Å². The molecule has 102 valence electrons. The molecule has 0 aromatic heterocycles. The van der Waals surface area contributed by atoms with Crippen molar-refractivity contribution >= 4 is 23.4 Å². The Hall–Kier alpha value is -2.75. The van der Waals surface area contributed by atoms with Crippen molar-refractivity contribution in [3.8, 4) is 0 Å². The van der Waals surface area contributed by atoms with Gasteiger partial charge in [0.2, 0.25) is 0 Å². The Bertz CT molecular complexity index is 601. The van der Waals surface area contributed by atoms with E-state index in [9.17, 15) is 4.79 Å². The highest BCUT2D eigenvalue weighted by molar-refractivity contribution is 5.87. The zero-order valence-electron chi connectivity index (χ0n) is 11.0. The summed E-state index contributed by atoms with van der Waals surface area (Å²) >= 11 is 0. The van der Waals surface area contributed by atoms with Crippen molar-refractivity contribution in [1.82, 2.24) is 0 Å². The first-order valence-electron chi connectivity index (χ1n) is 6.18. The maximum Gasteiger partial charge on any atom is 0.331 e. The Morgan fingerprint density at radius 1 is 1.05 bits per heavy atom. The SMILES string of the molecule is Nc1cc(N)cc(C=CC(=O)OCc2ccccc2)c1. The van der Waals surface area contributed by atoms with Crippen molar-refractivity contribution in [2.75, 3.05) is 11.5 Å². The van der Waals surface area contributed by atoms with Gasteiger partial charge in [-0.1, -0.05) is 30.3 Å². The fraction of sp³-hybridized carbons (Fsp3) is 0.0625. The Morgan fingerprint density at radius 2 is 1.70 bits per heavy atom. The number of esters is 1. The average molecular weight is 268 g/mol. The highest BCUT2D eigenvalue weighted by Crippen LogP contribution is 2.14. The molecule has 0 aliphatic rings. The number of hydrogen-bond donors (Lipinski definition) is 2. The average Bonchev–Trinajstić information content (AvgIpc) is 2.43. The summed E-state index contributed by atoms with van der Waals surface area (Å²) < 4.78 is 5.12. The Morgan fingerprint density at radius 3 is 2.35 bits per heavy atom. The van der Waals surface area contributed by atoms with Crippen molar-refractivity contribution in [3.63, 3.8) is 0 Å². The summed E-state index contributed by atoms with van der Waals surface area (Å²) in [4.78, 5) is 11.6. The minimum Gasteiger partial charge on any atom is -0.458 e. The third-order valence-electron chi connectivity index (χ3n) is 2.64. The summed E-state index contributed by atoms with van der Waals surface area (Å²) in [5.41, 5.74) is 14.2. The van der Waals surface area contributed by atoms with Gasteiger partial charge < -0.3 is 16.2 Å². The van der Waals surface area contributed by atoms with Crippen molar-refractivity contribution < 1.29 is 9.53 Å². The first kappa shape index (κ1) is 13.7. The lowest BCUT2D eigenvalue weighted by Gasteiger charge is -2.02. The van der Waals surface area contributed by atoms with Crippen LogP contribution in [0.5, 0.6) is 0 Å². The van der Waals surface area contributed by atoms with Crippen LogP contribution in [0.1, 0.15) is 11.1 Å². The molecule has 2 aromatic rings. The highest BCUT2D eigenvalue weighted by Gasteiger charge is 1.99. The van der Waals surface area contributed by atoms with Crippen LogP contribution < -0.4 is 11.5 Å². The van der Waals surface area contributed by atoms with Crippen LogP contribution in [0, 0.1) is 0 Å². The lowest BCUT2D eigenvalue weighted by molar-refractivity contribution is -0.138. The monoisotopic (exact) mass is 268 g/mol. The maximum absolute atomic E-state index is 11.6. The standard InChI is InChI=1S/C16H16N2O2/c17-14-8-13(9-15(18)10-14)6-7-16(19)20-11-12-4-2-1-3-5-12/h1-10H,11,17-18H2. The van der Waals surface area contributed by atoms with E-state index in [1.165, 1.54) is 6.08 Å². The Kier molecular flexibility index (Phi) is 4.39. The van der Waals surface area contributed by atoms with Gasteiger partial charge in [-0.05, 0) is 35.4 Å². The van der Waals surface area contributed by atoms with Gasteiger partial charge in [-0.3, -0.25) is 0 Å². The van der Waals surface area contributed by atoms with E-state index >= 15 is 0 Å². The van der Waals surface area contributed by atoms with Gasteiger partial charge in [0, 0.05) is 17.5 Å². The van der Waals surface area contributed by atoms with Crippen LogP contribution in [0.4, 0.5) is 11.4 Å². The van der Waals surface area contributed by atoms with Gasteiger partial charge >= 0.3 is 5.97 Å². The molecule has 4 N–H and O–H groups in total. The van der Waals surface area contributed by atoms with Crippen LogP contribution in [0.2, 0.25) is 0 Å². The fourth-order valence-electron chi connectivity index (χ4n) is 1.74. The van der Waals surface area contributed by atoms with E-state index in [0.717, 1.165) is 11.1 Å². The number of rotatable bonds is 4. The molecular weight excluding hydrogens is 252 g/mol. The molecule has 0 heterocycles. The fourth-order valence-corrected chi connectivity index (χ4v) is 1.74. The molecule has 0 saturated carbocycles. The van der Waals surface area contributed by atoms with Crippen molar-refractivity contribution in [1.29, 1.82) is 0 Å². The highest BCUT2D eigenvalue weighted by atomic mass is 16.5. The van der Waals surface area contributed by atoms with Crippen molar-refractivity contribution in [2.24, 2.45) is 0 Å². The summed E-state index contributed by atoms with van der Waals surface area (Å²) in [6.45, 7) is 0.253. The van der Waals surface area contributed by atoms with Crippen LogP contribution in [0.3, 0.4) is 0 Å². The molecule has 0 spiro atoms. The molecule has 0 aliphatic carbocycles. The molecule has 0 amide bonds. The van der Waals surface area contributed by atoms with Gasteiger partial charge in [-0.25, -0.2) is 4.79 Å². The lowest BCUT2D eigenvalue weighted by atomic mass is 10.1. The second-order valence-electron chi connectivity index (χ2n) is 4.36. The smallest absolute Gasteiger partial charge is 0.331 e. The first-order chi connectivity index (χ1) is 9.63. The molecule has 2 aromatic carbocycles. The van der Waals surface area contributed by atoms with Gasteiger partial charge in [0.1, 0.15) is 6.61 Å². The van der Waals surface area contributed by atoms with E-state index in [1.54, 1.807) is 24.3 Å². The summed E-state index contributed by atoms with van der Waals surface area (Å²) in [6, 6.07) is 14.6. The van der Waals surface area contributed by atoms with E-state index in [1.807, 2.05) is 30.3 Å². The third kappa shape index (κ3) is 4.17. The minimum absolute atomic E-state index is 0.253. The predicted molar refractivity (Wildman–Crippen MR) is 80.5 cm³/mol. The number of hydrogen-bond acceptors (Lipinski definition) is 4. The minimum atomic E-state index is -0.408. The normalized spacial score (nSPS) is 10.6. The van der Waals surface area contributed by atoms with Gasteiger partial charge in [0.05, 0.1) is 0 Å². The third-order valence-corrected chi connectivity index (χ3v) is 2.64. The molecule has 4 heteroatoms. The zero-order chi connectivity index (χ0) is 14.4. The van der Waals surface area contributed by atoms with Crippen molar-refractivity contribution in [3.05, 3.63) is 65.7 Å². The topological polar surface area (TPSA) is 78.3 Å². The first-order valence-corrected chi connectivity index (χ1v) is 6.18. The van der Waals surface area contributed by atoms with E-state index in [4.69, 9.17) is 16.2 Å². The van der Waals surface area contributed by atoms with Crippen LogP contribution in [0.25, 0.3) is 6.08 Å². The second-order valence-corrected chi connectivity index (χ2v) is 4.36. The summed E-state index contributed by atoms with van der Waals surface area (Å²) in [5, 5.41) is 0. The van der Waals surface area contributed by atoms with Gasteiger partial charge in [-0.15, -0.1) is 0 Å². The zero-order valence-corrected chi connectivity index (χ0v) is 11.0. The molecule has 2 rings (SSSR count). The largest absolute Gasteiger partial charge is 0.458 e. The number of nitrogens with two attached hydrogens (primary N) is 2. The molecule has 4 nitrogen and oxygen atoms in total. The maximum atomic E-state index is 11.6. The van der Waals surface area contributed by atoms with Crippen LogP contribution in [0.15, 0.2) is 54.6 Å². The molecule has 0 unspecified atom stereocenters. The van der Waals surface area contributed by atoms with Gasteiger partial charge in [-0.2, -0.15) is 0 Å². The van der Waals surface area contributed by atoms with E-state index in [0.29, 0.717) is 11.4 Å². The van der Waals surface area contributed by atoms with Crippen LogP contribution >= 0.6 is 0 Å². The van der Waals surface area contributed by atoms with E-state index < -0.39 is 5.97 Å². The lowest BCUT2D eigenvalue weighted by Crippen LogP contribution is -2.00. The van der Waals surface area contributed by atoms with E-state index in [-0.39, 0.29) is 6.61 Å². The number of carbonyl (C=O) groups excluding carboxylic acids is 1. The predicted octanol–water partition coefficient (Wildman–Crippen LogP) is 2.61. The molecule has 0 bridgehead atoms. The second kappa shape index (κ2) is 6.43. The molecular formula is C16H16N2O2. The molecule has 0 fully saturated rings. The number of carbonyl (C=O) groups is 1. The Balaban J connectivity index is 1.92. The molecule has 0 aliphatic heterocycles. The summed E-state index contributed by atoms with van der Waals surface area (Å²) in [5.74, 6) is -0.408. The number of benzene rings is 2. The molecule has 0 radical (unpaired) electrons. The van der Waals surface area contributed by atoms with Gasteiger partial charge in [0.15, 0.2) is 0 Å². The summed E-state index contributed by atoms with van der Waals surface area (Å²) in [7, 11) is 0. The number of nitrogen functional groups attached to an aromatic ring is 2. The van der Waals surface area contributed by atoms with Crippen molar-refractivity contribution in [2.45, 2.75) is 6.61 Å². The van der Waals surface area contributed by atoms with Crippen LogP contribution in [-0.2, 0) is 16.1 Å². The number of ether oxygens (including phenoxy) is 1. The van der Waals surface area contributed by atoms with Crippen LogP contribution in [-0.4, -0.2) is 5.97 Å². The number of anilines is 2. The van der Waals surface area contributed by atoms with E-state index in [2.05, 4.69) is 0 Å². The quantitative estimate of drug-likeness (QED) is 0.507. The molecule has 0 atom stereocenters. The van der Waals surface area contributed by atoms with Gasteiger partial charge in [0.25, 0.3) is 0 Å². The summed E-state index contributed by atoms with van der Waals surface area (Å²) in [6.07, 6.45) is 2.98. The molecule has 20 heavy (non-hydrogen) atoms. The molecule has 0 saturated heterocycles.